The van der Waals surface area contributed by atoms with E-state index in [1.54, 1.807) is 0 Å². The molecule has 1 aromatic rings. The van der Waals surface area contributed by atoms with E-state index < -0.39 is 0 Å². The van der Waals surface area contributed by atoms with Crippen molar-refractivity contribution in [2.24, 2.45) is 10.7 Å². The summed E-state index contributed by atoms with van der Waals surface area (Å²) in [5.74, 6) is 0.463. The maximum absolute atomic E-state index is 5.85. The third-order valence-electron chi connectivity index (χ3n) is 1.76. The molecule has 3 N–H and O–H groups in total. The van der Waals surface area contributed by atoms with Gasteiger partial charge in [0, 0.05) is 11.1 Å². The van der Waals surface area contributed by atoms with Gasteiger partial charge in [-0.1, -0.05) is 23.7 Å². The molecule has 0 aliphatic carbocycles. The van der Waals surface area contributed by atoms with Gasteiger partial charge in [-0.2, -0.15) is 0 Å². The summed E-state index contributed by atoms with van der Waals surface area (Å²) in [4.78, 5) is 4.20. The molecule has 0 bridgehead atoms. The molecule has 0 unspecified atom stereocenters. The average Bonchev–Trinajstić information content (AvgIpc) is 2.14. The van der Waals surface area contributed by atoms with Crippen LogP contribution in [0.25, 0.3) is 0 Å². The van der Waals surface area contributed by atoms with Crippen LogP contribution in [-0.2, 0) is 6.54 Å². The Morgan fingerprint density at radius 1 is 1.53 bits per heavy atom. The molecule has 0 atom stereocenters. The molecular formula is C11H16ClN3. The number of benzene rings is 1. The monoisotopic (exact) mass is 225 g/mol. The fraction of sp³-hybridized carbons (Fsp3) is 0.364. The highest BCUT2D eigenvalue weighted by atomic mass is 35.5. The topological polar surface area (TPSA) is 50.4 Å². The Labute approximate surface area is 95.3 Å². The van der Waals surface area contributed by atoms with Crippen LogP contribution in [0, 0.1) is 0 Å². The quantitative estimate of drug-likeness (QED) is 0.612. The lowest BCUT2D eigenvalue weighted by molar-refractivity contribution is 0.723. The van der Waals surface area contributed by atoms with Crippen LogP contribution < -0.4 is 11.1 Å². The van der Waals surface area contributed by atoms with E-state index in [1.165, 1.54) is 0 Å². The number of halogens is 1. The van der Waals surface area contributed by atoms with E-state index in [4.69, 9.17) is 17.3 Å². The Morgan fingerprint density at radius 2 is 2.27 bits per heavy atom. The van der Waals surface area contributed by atoms with Gasteiger partial charge in [-0.15, -0.1) is 0 Å². The van der Waals surface area contributed by atoms with Gasteiger partial charge in [0.2, 0.25) is 0 Å². The summed E-state index contributed by atoms with van der Waals surface area (Å²) >= 11 is 5.85. The molecule has 0 heterocycles. The number of aliphatic imine (C=N–C) groups is 1. The first-order chi connectivity index (χ1) is 7.08. The third-order valence-corrected chi connectivity index (χ3v) is 1.99. The summed E-state index contributed by atoms with van der Waals surface area (Å²) in [7, 11) is 0. The van der Waals surface area contributed by atoms with E-state index in [9.17, 15) is 0 Å². The number of nitrogens with one attached hydrogen (secondary N) is 1. The molecule has 0 aliphatic rings. The predicted molar refractivity (Wildman–Crippen MR) is 65.1 cm³/mol. The van der Waals surface area contributed by atoms with E-state index >= 15 is 0 Å². The maximum Gasteiger partial charge on any atom is 0.189 e. The Morgan fingerprint density at radius 3 is 2.87 bits per heavy atom. The molecule has 0 fully saturated rings. The first-order valence-electron chi connectivity index (χ1n) is 4.89. The van der Waals surface area contributed by atoms with Crippen molar-refractivity contribution in [3.8, 4) is 0 Å². The van der Waals surface area contributed by atoms with Crippen LogP contribution in [0.2, 0.25) is 5.02 Å². The van der Waals surface area contributed by atoms with E-state index in [0.29, 0.717) is 18.5 Å². The molecule has 82 valence electrons. The Bertz CT molecular complexity index is 347. The molecule has 0 spiro atoms. The smallest absolute Gasteiger partial charge is 0.189 e. The van der Waals surface area contributed by atoms with Gasteiger partial charge in [0.05, 0.1) is 6.54 Å². The number of guanidine groups is 1. The highest BCUT2D eigenvalue weighted by Crippen LogP contribution is 2.11. The summed E-state index contributed by atoms with van der Waals surface area (Å²) in [5.41, 5.74) is 6.72. The second-order valence-electron chi connectivity index (χ2n) is 3.63. The Kier molecular flexibility index (Phi) is 4.43. The zero-order chi connectivity index (χ0) is 11.3. The minimum atomic E-state index is 0.299. The fourth-order valence-electron chi connectivity index (χ4n) is 1.15. The van der Waals surface area contributed by atoms with Crippen molar-refractivity contribution >= 4 is 17.6 Å². The fourth-order valence-corrected chi connectivity index (χ4v) is 1.37. The van der Waals surface area contributed by atoms with E-state index in [-0.39, 0.29) is 0 Å². The van der Waals surface area contributed by atoms with Gasteiger partial charge in [-0.3, -0.25) is 0 Å². The second-order valence-corrected chi connectivity index (χ2v) is 4.07. The van der Waals surface area contributed by atoms with Crippen LogP contribution in [0.4, 0.5) is 0 Å². The Hall–Kier alpha value is -1.22. The lowest BCUT2D eigenvalue weighted by Gasteiger charge is -2.08. The molecule has 4 heteroatoms. The zero-order valence-electron chi connectivity index (χ0n) is 9.00. The predicted octanol–water partition coefficient (Wildman–Crippen LogP) is 2.15. The van der Waals surface area contributed by atoms with Gasteiger partial charge in [0.25, 0.3) is 0 Å². The van der Waals surface area contributed by atoms with E-state index in [2.05, 4.69) is 10.3 Å². The number of hydrogen-bond donors (Lipinski definition) is 2. The SMILES string of the molecule is CC(C)NC(N)=NCc1cccc(Cl)c1. The van der Waals surface area contributed by atoms with Crippen molar-refractivity contribution in [2.45, 2.75) is 26.4 Å². The molecule has 3 nitrogen and oxygen atoms in total. The van der Waals surface area contributed by atoms with E-state index in [1.807, 2.05) is 38.1 Å². The molecular weight excluding hydrogens is 210 g/mol. The van der Waals surface area contributed by atoms with Crippen molar-refractivity contribution in [2.75, 3.05) is 0 Å². The molecule has 0 saturated heterocycles. The van der Waals surface area contributed by atoms with Crippen molar-refractivity contribution in [1.82, 2.24) is 5.32 Å². The van der Waals surface area contributed by atoms with Crippen molar-refractivity contribution < 1.29 is 0 Å². The number of nitrogens with two attached hydrogens (primary N) is 1. The number of nitrogens with zero attached hydrogens (tertiary/aromatic N) is 1. The highest BCUT2D eigenvalue weighted by molar-refractivity contribution is 6.30. The molecule has 1 rings (SSSR count). The van der Waals surface area contributed by atoms with Crippen molar-refractivity contribution in [3.05, 3.63) is 34.9 Å². The van der Waals surface area contributed by atoms with Crippen LogP contribution >= 0.6 is 11.6 Å². The molecule has 0 aromatic heterocycles. The van der Waals surface area contributed by atoms with Gasteiger partial charge >= 0.3 is 0 Å². The van der Waals surface area contributed by atoms with Gasteiger partial charge in [-0.05, 0) is 31.5 Å². The normalized spacial score (nSPS) is 11.9. The largest absolute Gasteiger partial charge is 0.370 e. The summed E-state index contributed by atoms with van der Waals surface area (Å²) in [6.07, 6.45) is 0. The van der Waals surface area contributed by atoms with Gasteiger partial charge in [0.15, 0.2) is 5.96 Å². The summed E-state index contributed by atoms with van der Waals surface area (Å²) in [6, 6.07) is 7.89. The van der Waals surface area contributed by atoms with Gasteiger partial charge < -0.3 is 11.1 Å². The Balaban J connectivity index is 2.56. The van der Waals surface area contributed by atoms with E-state index in [0.717, 1.165) is 10.6 Å². The highest BCUT2D eigenvalue weighted by Gasteiger charge is 1.96. The number of rotatable bonds is 3. The summed E-state index contributed by atoms with van der Waals surface area (Å²) in [6.45, 7) is 4.58. The molecule has 0 saturated carbocycles. The summed E-state index contributed by atoms with van der Waals surface area (Å²) < 4.78 is 0. The average molecular weight is 226 g/mol. The molecule has 0 aliphatic heterocycles. The van der Waals surface area contributed by atoms with Crippen molar-refractivity contribution in [3.63, 3.8) is 0 Å². The third kappa shape index (κ3) is 4.70. The van der Waals surface area contributed by atoms with Crippen molar-refractivity contribution in [1.29, 1.82) is 0 Å². The van der Waals surface area contributed by atoms with Gasteiger partial charge in [0.1, 0.15) is 0 Å². The molecule has 0 amide bonds. The molecule has 15 heavy (non-hydrogen) atoms. The van der Waals surface area contributed by atoms with Crippen LogP contribution in [0.15, 0.2) is 29.3 Å². The van der Waals surface area contributed by atoms with Crippen LogP contribution in [0.1, 0.15) is 19.4 Å². The van der Waals surface area contributed by atoms with Crippen LogP contribution in [0.3, 0.4) is 0 Å². The maximum atomic E-state index is 5.85. The first kappa shape index (κ1) is 11.9. The minimum Gasteiger partial charge on any atom is -0.370 e. The molecule has 0 radical (unpaired) electrons. The number of hydrogen-bond acceptors (Lipinski definition) is 1. The molecule has 1 aromatic carbocycles. The van der Waals surface area contributed by atoms with Crippen LogP contribution in [0.5, 0.6) is 0 Å². The first-order valence-corrected chi connectivity index (χ1v) is 5.26. The lowest BCUT2D eigenvalue weighted by atomic mass is 10.2. The summed E-state index contributed by atoms with van der Waals surface area (Å²) in [5, 5.41) is 3.74. The zero-order valence-corrected chi connectivity index (χ0v) is 9.75. The lowest BCUT2D eigenvalue weighted by Crippen LogP contribution is -2.36. The van der Waals surface area contributed by atoms with Gasteiger partial charge in [-0.25, -0.2) is 4.99 Å². The second kappa shape index (κ2) is 5.61. The standard InChI is InChI=1S/C11H16ClN3/c1-8(2)15-11(13)14-7-9-4-3-5-10(12)6-9/h3-6,8H,7H2,1-2H3,(H3,13,14,15). The van der Waals surface area contributed by atoms with Crippen LogP contribution in [-0.4, -0.2) is 12.0 Å². The minimum absolute atomic E-state index is 0.299.